The Kier molecular flexibility index (Phi) is 6.48. The second-order valence-electron chi connectivity index (χ2n) is 8.09. The first-order chi connectivity index (χ1) is 13.8. The quantitative estimate of drug-likeness (QED) is 0.789. The highest BCUT2D eigenvalue weighted by molar-refractivity contribution is 6.30. The van der Waals surface area contributed by atoms with Crippen molar-refractivity contribution in [1.29, 1.82) is 0 Å². The van der Waals surface area contributed by atoms with Crippen molar-refractivity contribution in [2.45, 2.75) is 44.8 Å². The van der Waals surface area contributed by atoms with E-state index in [1.54, 1.807) is 16.8 Å². The van der Waals surface area contributed by atoms with Gasteiger partial charge < -0.3 is 15.1 Å². The average molecular weight is 414 g/mol. The van der Waals surface area contributed by atoms with Gasteiger partial charge in [-0.1, -0.05) is 54.1 Å². The van der Waals surface area contributed by atoms with Crippen LogP contribution in [0.15, 0.2) is 54.6 Å². The summed E-state index contributed by atoms with van der Waals surface area (Å²) in [7, 11) is 1.78. The lowest BCUT2D eigenvalue weighted by Gasteiger charge is -2.33. The molecule has 1 aliphatic rings. The Labute approximate surface area is 177 Å². The summed E-state index contributed by atoms with van der Waals surface area (Å²) in [6.45, 7) is 5.01. The van der Waals surface area contributed by atoms with E-state index in [0.29, 0.717) is 24.5 Å². The number of benzene rings is 2. The smallest absolute Gasteiger partial charge is 0.318 e. The number of hydrogen-bond acceptors (Lipinski definition) is 2. The third-order valence-electron chi connectivity index (χ3n) is 5.42. The van der Waals surface area contributed by atoms with E-state index in [1.165, 1.54) is 0 Å². The van der Waals surface area contributed by atoms with Crippen LogP contribution in [0.5, 0.6) is 0 Å². The van der Waals surface area contributed by atoms with Crippen LogP contribution < -0.4 is 5.32 Å². The molecule has 29 heavy (non-hydrogen) atoms. The third-order valence-corrected chi connectivity index (χ3v) is 5.67. The molecule has 1 aliphatic heterocycles. The van der Waals surface area contributed by atoms with Crippen LogP contribution in [-0.2, 0) is 16.9 Å². The highest BCUT2D eigenvalue weighted by atomic mass is 35.5. The van der Waals surface area contributed by atoms with Gasteiger partial charge in [-0.15, -0.1) is 0 Å². The monoisotopic (exact) mass is 413 g/mol. The molecular weight excluding hydrogens is 386 g/mol. The zero-order chi connectivity index (χ0) is 21.0. The number of hydrogen-bond donors (Lipinski definition) is 1. The molecule has 1 saturated heterocycles. The molecule has 154 valence electrons. The highest BCUT2D eigenvalue weighted by Crippen LogP contribution is 2.24. The Morgan fingerprint density at radius 3 is 2.45 bits per heavy atom. The van der Waals surface area contributed by atoms with E-state index in [9.17, 15) is 9.59 Å². The van der Waals surface area contributed by atoms with E-state index in [4.69, 9.17) is 11.6 Å². The second-order valence-corrected chi connectivity index (χ2v) is 8.53. The van der Waals surface area contributed by atoms with Crippen molar-refractivity contribution in [2.75, 3.05) is 13.6 Å². The fraction of sp³-hybridized carbons (Fsp3) is 0.391. The maximum atomic E-state index is 13.0. The van der Waals surface area contributed by atoms with Crippen LogP contribution in [-0.4, -0.2) is 41.4 Å². The molecule has 1 N–H and O–H groups in total. The van der Waals surface area contributed by atoms with Gasteiger partial charge in [0.1, 0.15) is 6.04 Å². The van der Waals surface area contributed by atoms with Crippen LogP contribution in [0.3, 0.4) is 0 Å². The molecule has 0 spiro atoms. The number of likely N-dealkylation sites (N-methyl/N-ethyl adjacent to an activating group) is 1. The fourth-order valence-corrected chi connectivity index (χ4v) is 3.85. The van der Waals surface area contributed by atoms with Crippen molar-refractivity contribution in [2.24, 2.45) is 0 Å². The predicted octanol–water partition coefficient (Wildman–Crippen LogP) is 4.41. The molecule has 0 aliphatic carbocycles. The van der Waals surface area contributed by atoms with Crippen molar-refractivity contribution in [3.8, 4) is 0 Å². The van der Waals surface area contributed by atoms with Gasteiger partial charge in [0.25, 0.3) is 0 Å². The minimum absolute atomic E-state index is 0.0369. The lowest BCUT2D eigenvalue weighted by Crippen LogP contribution is -2.53. The minimum Gasteiger partial charge on any atom is -0.340 e. The van der Waals surface area contributed by atoms with Gasteiger partial charge in [-0.3, -0.25) is 4.79 Å². The molecule has 2 aromatic carbocycles. The summed E-state index contributed by atoms with van der Waals surface area (Å²) in [5.74, 6) is -0.0369. The number of amides is 3. The summed E-state index contributed by atoms with van der Waals surface area (Å²) >= 11 is 5.93. The largest absolute Gasteiger partial charge is 0.340 e. The van der Waals surface area contributed by atoms with E-state index in [0.717, 1.165) is 17.5 Å². The molecule has 0 unspecified atom stereocenters. The Morgan fingerprint density at radius 2 is 1.79 bits per heavy atom. The maximum Gasteiger partial charge on any atom is 0.318 e. The first-order valence-corrected chi connectivity index (χ1v) is 10.3. The van der Waals surface area contributed by atoms with Gasteiger partial charge in [-0.25, -0.2) is 4.79 Å². The molecule has 0 radical (unpaired) electrons. The van der Waals surface area contributed by atoms with Crippen LogP contribution >= 0.6 is 11.6 Å². The number of likely N-dealkylation sites (tertiary alicyclic amines) is 1. The number of carbonyl (C=O) groups is 2. The molecule has 1 fully saturated rings. The van der Waals surface area contributed by atoms with E-state index in [1.807, 2.05) is 68.4 Å². The number of halogens is 1. The lowest BCUT2D eigenvalue weighted by molar-refractivity contribution is -0.134. The van der Waals surface area contributed by atoms with Crippen molar-refractivity contribution in [3.63, 3.8) is 0 Å². The molecule has 0 aromatic heterocycles. The number of nitrogens with one attached hydrogen (secondary N) is 1. The molecule has 1 heterocycles. The number of carbonyl (C=O) groups excluding carboxylic acids is 2. The maximum absolute atomic E-state index is 13.0. The number of rotatable bonds is 5. The van der Waals surface area contributed by atoms with Crippen LogP contribution in [0.2, 0.25) is 5.02 Å². The first-order valence-electron chi connectivity index (χ1n) is 9.91. The van der Waals surface area contributed by atoms with E-state index in [-0.39, 0.29) is 11.9 Å². The van der Waals surface area contributed by atoms with Gasteiger partial charge in [0.05, 0.1) is 5.54 Å². The summed E-state index contributed by atoms with van der Waals surface area (Å²) in [5, 5.41) is 3.76. The molecular formula is C23H28ClN3O2. The van der Waals surface area contributed by atoms with Crippen molar-refractivity contribution in [3.05, 3.63) is 70.7 Å². The van der Waals surface area contributed by atoms with Crippen LogP contribution in [0.4, 0.5) is 4.79 Å². The topological polar surface area (TPSA) is 52.7 Å². The van der Waals surface area contributed by atoms with E-state index in [2.05, 4.69) is 5.32 Å². The molecule has 6 heteroatoms. The van der Waals surface area contributed by atoms with Crippen LogP contribution in [0, 0.1) is 0 Å². The van der Waals surface area contributed by atoms with Crippen LogP contribution in [0.1, 0.15) is 37.8 Å². The molecule has 5 nitrogen and oxygen atoms in total. The number of urea groups is 1. The zero-order valence-corrected chi connectivity index (χ0v) is 17.9. The lowest BCUT2D eigenvalue weighted by atomic mass is 9.94. The zero-order valence-electron chi connectivity index (χ0n) is 17.2. The summed E-state index contributed by atoms with van der Waals surface area (Å²) in [6.07, 6.45) is 1.51. The molecule has 2 aromatic rings. The van der Waals surface area contributed by atoms with Gasteiger partial charge >= 0.3 is 6.03 Å². The van der Waals surface area contributed by atoms with Crippen molar-refractivity contribution >= 4 is 23.5 Å². The minimum atomic E-state index is -0.524. The molecule has 1 atom stereocenters. The summed E-state index contributed by atoms with van der Waals surface area (Å²) in [6, 6.07) is 16.7. The summed E-state index contributed by atoms with van der Waals surface area (Å²) < 4.78 is 0. The summed E-state index contributed by atoms with van der Waals surface area (Å²) in [5.41, 5.74) is 1.50. The number of nitrogens with zero attached hydrogens (tertiary/aromatic N) is 2. The van der Waals surface area contributed by atoms with Gasteiger partial charge in [0, 0.05) is 25.2 Å². The van der Waals surface area contributed by atoms with Gasteiger partial charge in [0.2, 0.25) is 5.91 Å². The molecule has 3 amide bonds. The van der Waals surface area contributed by atoms with Gasteiger partial charge in [-0.2, -0.15) is 0 Å². The summed E-state index contributed by atoms with van der Waals surface area (Å²) in [4.78, 5) is 29.4. The SMILES string of the molecule is CN(Cc1ccc(Cl)cc1)C(=O)[C@H]1CCCN1C(=O)NC(C)(C)c1ccccc1. The average Bonchev–Trinajstić information content (AvgIpc) is 3.19. The van der Waals surface area contributed by atoms with E-state index >= 15 is 0 Å². The first kappa shape index (κ1) is 21.2. The second kappa shape index (κ2) is 8.87. The Balaban J connectivity index is 1.66. The predicted molar refractivity (Wildman–Crippen MR) is 116 cm³/mol. The molecule has 0 bridgehead atoms. The Bertz CT molecular complexity index is 852. The van der Waals surface area contributed by atoms with Crippen LogP contribution in [0.25, 0.3) is 0 Å². The van der Waals surface area contributed by atoms with E-state index < -0.39 is 11.6 Å². The standard InChI is InChI=1S/C23H28ClN3O2/c1-23(2,18-8-5-4-6-9-18)25-22(29)27-15-7-10-20(27)21(28)26(3)16-17-11-13-19(24)14-12-17/h4-6,8-9,11-14,20H,7,10,15-16H2,1-3H3,(H,25,29)/t20-/m1/s1. The third kappa shape index (κ3) is 5.10. The Morgan fingerprint density at radius 1 is 1.14 bits per heavy atom. The van der Waals surface area contributed by atoms with Crippen molar-refractivity contribution < 1.29 is 9.59 Å². The normalized spacial score (nSPS) is 16.6. The fourth-order valence-electron chi connectivity index (χ4n) is 3.73. The van der Waals surface area contributed by atoms with Crippen molar-refractivity contribution in [1.82, 2.24) is 15.1 Å². The van der Waals surface area contributed by atoms with Gasteiger partial charge in [-0.05, 0) is 49.9 Å². The highest BCUT2D eigenvalue weighted by Gasteiger charge is 2.37. The molecule has 0 saturated carbocycles. The molecule has 3 rings (SSSR count). The Hall–Kier alpha value is -2.53. The van der Waals surface area contributed by atoms with Gasteiger partial charge in [0.15, 0.2) is 0 Å².